The van der Waals surface area contributed by atoms with Crippen molar-refractivity contribution in [3.05, 3.63) is 5.28 Å². The molecule has 2 fully saturated rings. The highest BCUT2D eigenvalue weighted by atomic mass is 35.5. The standard InChI is InChI=1S/C13H19ClN4O/c1-7(2)19-13-17-11(14)16-12(18-13)15-10-6-8-3-4-9(10)5-8/h7-10H,3-6H2,1-2H3,(H,15,16,17,18). The summed E-state index contributed by atoms with van der Waals surface area (Å²) in [5, 5.41) is 3.58. The molecule has 0 spiro atoms. The number of aromatic nitrogens is 3. The molecule has 0 aromatic carbocycles. The lowest BCUT2D eigenvalue weighted by Gasteiger charge is -2.22. The Balaban J connectivity index is 1.71. The van der Waals surface area contributed by atoms with Gasteiger partial charge in [0.05, 0.1) is 6.10 Å². The molecule has 1 aromatic heterocycles. The molecule has 3 atom stereocenters. The molecule has 0 saturated heterocycles. The molecule has 19 heavy (non-hydrogen) atoms. The van der Waals surface area contributed by atoms with E-state index in [9.17, 15) is 0 Å². The van der Waals surface area contributed by atoms with Crippen molar-refractivity contribution in [1.82, 2.24) is 15.0 Å². The van der Waals surface area contributed by atoms with Gasteiger partial charge in [0.15, 0.2) is 0 Å². The minimum absolute atomic E-state index is 0.0220. The number of nitrogens with one attached hydrogen (secondary N) is 1. The number of rotatable bonds is 4. The number of hydrogen-bond acceptors (Lipinski definition) is 5. The quantitative estimate of drug-likeness (QED) is 0.920. The Hall–Kier alpha value is -1.10. The zero-order valence-corrected chi connectivity index (χ0v) is 12.0. The summed E-state index contributed by atoms with van der Waals surface area (Å²) >= 11 is 5.92. The molecule has 6 heteroatoms. The zero-order valence-electron chi connectivity index (χ0n) is 11.3. The number of hydrogen-bond donors (Lipinski definition) is 1. The van der Waals surface area contributed by atoms with Crippen molar-refractivity contribution in [2.75, 3.05) is 5.32 Å². The van der Waals surface area contributed by atoms with Crippen molar-refractivity contribution in [3.8, 4) is 6.01 Å². The van der Waals surface area contributed by atoms with Crippen LogP contribution in [0, 0.1) is 11.8 Å². The summed E-state index contributed by atoms with van der Waals surface area (Å²) in [6, 6.07) is 0.768. The SMILES string of the molecule is CC(C)Oc1nc(Cl)nc(NC2CC3CCC2C3)n1. The molecule has 2 aliphatic rings. The molecule has 0 aliphatic heterocycles. The first-order chi connectivity index (χ1) is 9.10. The summed E-state index contributed by atoms with van der Waals surface area (Å²) in [4.78, 5) is 12.4. The van der Waals surface area contributed by atoms with Gasteiger partial charge in [-0.05, 0) is 56.5 Å². The molecule has 0 radical (unpaired) electrons. The summed E-state index contributed by atoms with van der Waals surface area (Å²) in [5.41, 5.74) is 0. The molecule has 3 unspecified atom stereocenters. The smallest absolute Gasteiger partial charge is 0.322 e. The normalized spacial score (nSPS) is 28.9. The fourth-order valence-electron chi connectivity index (χ4n) is 3.25. The van der Waals surface area contributed by atoms with Crippen molar-refractivity contribution in [2.45, 2.75) is 51.7 Å². The van der Waals surface area contributed by atoms with Crippen molar-refractivity contribution >= 4 is 17.5 Å². The van der Waals surface area contributed by atoms with Gasteiger partial charge in [0.25, 0.3) is 0 Å². The third-order valence-corrected chi connectivity index (χ3v) is 4.15. The average Bonchev–Trinajstić information content (AvgIpc) is 2.88. The minimum atomic E-state index is 0.0220. The van der Waals surface area contributed by atoms with Gasteiger partial charge in [0.1, 0.15) is 0 Å². The first kappa shape index (κ1) is 12.9. The van der Waals surface area contributed by atoms with Crippen molar-refractivity contribution in [3.63, 3.8) is 0 Å². The van der Waals surface area contributed by atoms with E-state index in [-0.39, 0.29) is 11.4 Å². The van der Waals surface area contributed by atoms with E-state index in [1.165, 1.54) is 25.7 Å². The molecule has 0 amide bonds. The van der Waals surface area contributed by atoms with Crippen molar-refractivity contribution in [1.29, 1.82) is 0 Å². The van der Waals surface area contributed by atoms with Gasteiger partial charge in [-0.2, -0.15) is 15.0 Å². The number of fused-ring (bicyclic) bond motifs is 2. The first-order valence-corrected chi connectivity index (χ1v) is 7.32. The number of ether oxygens (including phenoxy) is 1. The zero-order chi connectivity index (χ0) is 13.4. The number of nitrogens with zero attached hydrogens (tertiary/aromatic N) is 3. The van der Waals surface area contributed by atoms with Crippen LogP contribution in [-0.4, -0.2) is 27.1 Å². The number of halogens is 1. The topological polar surface area (TPSA) is 59.9 Å². The molecule has 5 nitrogen and oxygen atoms in total. The Kier molecular flexibility index (Phi) is 3.48. The lowest BCUT2D eigenvalue weighted by atomic mass is 9.95. The molecule has 1 heterocycles. The highest BCUT2D eigenvalue weighted by molar-refractivity contribution is 6.28. The van der Waals surface area contributed by atoms with E-state index >= 15 is 0 Å². The fraction of sp³-hybridized carbons (Fsp3) is 0.769. The average molecular weight is 283 g/mol. The predicted octanol–water partition coefficient (Wildman–Crippen LogP) is 2.91. The van der Waals surface area contributed by atoms with Gasteiger partial charge in [0, 0.05) is 6.04 Å². The van der Waals surface area contributed by atoms with Gasteiger partial charge in [-0.3, -0.25) is 0 Å². The Morgan fingerprint density at radius 3 is 2.68 bits per heavy atom. The van der Waals surface area contributed by atoms with Gasteiger partial charge < -0.3 is 10.1 Å². The lowest BCUT2D eigenvalue weighted by molar-refractivity contribution is 0.221. The van der Waals surface area contributed by atoms with Crippen molar-refractivity contribution < 1.29 is 4.74 Å². The third-order valence-electron chi connectivity index (χ3n) is 3.98. The molecule has 1 aromatic rings. The largest absolute Gasteiger partial charge is 0.461 e. The highest BCUT2D eigenvalue weighted by Gasteiger charge is 2.39. The summed E-state index contributed by atoms with van der Waals surface area (Å²) < 4.78 is 5.48. The predicted molar refractivity (Wildman–Crippen MR) is 73.5 cm³/mol. The van der Waals surface area contributed by atoms with E-state index in [0.29, 0.717) is 18.0 Å². The van der Waals surface area contributed by atoms with E-state index in [4.69, 9.17) is 16.3 Å². The summed E-state index contributed by atoms with van der Waals surface area (Å²) in [5.74, 6) is 2.18. The summed E-state index contributed by atoms with van der Waals surface area (Å²) in [6.45, 7) is 3.86. The Morgan fingerprint density at radius 1 is 1.21 bits per heavy atom. The molecule has 3 rings (SSSR count). The van der Waals surface area contributed by atoms with Gasteiger partial charge in [-0.15, -0.1) is 0 Å². The van der Waals surface area contributed by atoms with Gasteiger partial charge in [0.2, 0.25) is 11.2 Å². The number of anilines is 1. The maximum Gasteiger partial charge on any atom is 0.322 e. The van der Waals surface area contributed by atoms with E-state index in [0.717, 1.165) is 11.8 Å². The second-order valence-electron chi connectivity index (χ2n) is 5.80. The summed E-state index contributed by atoms with van der Waals surface area (Å²) in [6.07, 6.45) is 5.27. The van der Waals surface area contributed by atoms with Crippen LogP contribution in [-0.2, 0) is 0 Å². The van der Waals surface area contributed by atoms with Crippen LogP contribution in [0.4, 0.5) is 5.95 Å². The molecule has 104 valence electrons. The van der Waals surface area contributed by atoms with Crippen molar-refractivity contribution in [2.24, 2.45) is 11.8 Å². The summed E-state index contributed by atoms with van der Waals surface area (Å²) in [7, 11) is 0. The van der Waals surface area contributed by atoms with Crippen LogP contribution in [0.5, 0.6) is 6.01 Å². The van der Waals surface area contributed by atoms with Gasteiger partial charge >= 0.3 is 6.01 Å². The Morgan fingerprint density at radius 2 is 2.05 bits per heavy atom. The highest BCUT2D eigenvalue weighted by Crippen LogP contribution is 2.45. The van der Waals surface area contributed by atoms with Crippen LogP contribution in [0.1, 0.15) is 39.5 Å². The van der Waals surface area contributed by atoms with Crippen LogP contribution in [0.2, 0.25) is 5.28 Å². The Labute approximate surface area is 118 Å². The minimum Gasteiger partial charge on any atom is -0.461 e. The monoisotopic (exact) mass is 282 g/mol. The lowest BCUT2D eigenvalue weighted by Crippen LogP contribution is -2.27. The second-order valence-corrected chi connectivity index (χ2v) is 6.14. The third kappa shape index (κ3) is 2.91. The van der Waals surface area contributed by atoms with Crippen LogP contribution >= 0.6 is 11.6 Å². The van der Waals surface area contributed by atoms with Crippen LogP contribution in [0.25, 0.3) is 0 Å². The van der Waals surface area contributed by atoms with E-state index in [1.807, 2.05) is 13.8 Å². The molecule has 2 bridgehead atoms. The molecule has 2 saturated carbocycles. The molecular formula is C13H19ClN4O. The first-order valence-electron chi connectivity index (χ1n) is 6.95. The molecular weight excluding hydrogens is 264 g/mol. The van der Waals surface area contributed by atoms with Crippen LogP contribution < -0.4 is 10.1 Å². The van der Waals surface area contributed by atoms with Gasteiger partial charge in [-0.1, -0.05) is 6.42 Å². The maximum absolute atomic E-state index is 5.92. The van der Waals surface area contributed by atoms with Crippen LogP contribution in [0.3, 0.4) is 0 Å². The molecule has 2 aliphatic carbocycles. The second kappa shape index (κ2) is 5.12. The molecule has 1 N–H and O–H groups in total. The van der Waals surface area contributed by atoms with Crippen LogP contribution in [0.15, 0.2) is 0 Å². The Bertz CT molecular complexity index is 468. The fourth-order valence-corrected chi connectivity index (χ4v) is 3.40. The van der Waals surface area contributed by atoms with E-state index < -0.39 is 0 Å². The maximum atomic E-state index is 5.92. The van der Waals surface area contributed by atoms with E-state index in [1.54, 1.807) is 0 Å². The van der Waals surface area contributed by atoms with Gasteiger partial charge in [-0.25, -0.2) is 0 Å². The van der Waals surface area contributed by atoms with E-state index in [2.05, 4.69) is 20.3 Å².